The van der Waals surface area contributed by atoms with E-state index < -0.39 is 0 Å². The monoisotopic (exact) mass is 309 g/mol. The molecule has 0 radical (unpaired) electrons. The number of nitrogen functional groups attached to an aromatic ring is 1. The number of anilines is 1. The van der Waals surface area contributed by atoms with Crippen LogP contribution < -0.4 is 10.5 Å². The first-order valence-corrected chi connectivity index (χ1v) is 6.57. The molecule has 2 N–H and O–H groups in total. The van der Waals surface area contributed by atoms with Gasteiger partial charge in [0.15, 0.2) is 0 Å². The zero-order chi connectivity index (χ0) is 13.1. The maximum Gasteiger partial charge on any atom is 0.148 e. The Morgan fingerprint density at radius 3 is 2.78 bits per heavy atom. The van der Waals surface area contributed by atoms with E-state index in [1.165, 1.54) is 0 Å². The first kappa shape index (κ1) is 13.0. The van der Waals surface area contributed by atoms with Gasteiger partial charge < -0.3 is 15.0 Å². The van der Waals surface area contributed by atoms with Gasteiger partial charge in [-0.2, -0.15) is 0 Å². The molecule has 0 spiro atoms. The van der Waals surface area contributed by atoms with Crippen molar-refractivity contribution in [1.82, 2.24) is 9.55 Å². The second-order valence-corrected chi connectivity index (χ2v) is 5.14. The minimum Gasteiger partial charge on any atom is -0.484 e. The number of imidazole rings is 1. The minimum absolute atomic E-state index is 0.269. The molecule has 0 aliphatic heterocycles. The van der Waals surface area contributed by atoms with E-state index in [1.807, 2.05) is 28.8 Å². The average molecular weight is 310 g/mol. The fourth-order valence-corrected chi connectivity index (χ4v) is 2.22. The van der Waals surface area contributed by atoms with E-state index in [1.54, 1.807) is 6.20 Å². The Hall–Kier alpha value is -1.49. The molecule has 0 saturated heterocycles. The van der Waals surface area contributed by atoms with E-state index in [4.69, 9.17) is 10.5 Å². The van der Waals surface area contributed by atoms with Crippen LogP contribution in [-0.2, 0) is 6.61 Å². The molecule has 1 heterocycles. The standard InChI is InChI=1S/C13H16BrN3O/c1-9(2)17-12(15)7-16-13(17)8-18-11-6-4-3-5-10(11)14/h3-7,9H,8,15H2,1-2H3. The highest BCUT2D eigenvalue weighted by atomic mass is 79.9. The van der Waals surface area contributed by atoms with Crippen molar-refractivity contribution in [1.29, 1.82) is 0 Å². The average Bonchev–Trinajstić information content (AvgIpc) is 2.69. The van der Waals surface area contributed by atoms with Gasteiger partial charge in [0.1, 0.15) is 24.0 Å². The quantitative estimate of drug-likeness (QED) is 0.942. The molecule has 18 heavy (non-hydrogen) atoms. The number of hydrogen-bond acceptors (Lipinski definition) is 3. The minimum atomic E-state index is 0.269. The van der Waals surface area contributed by atoms with Crippen molar-refractivity contribution in [3.8, 4) is 5.75 Å². The Morgan fingerprint density at radius 2 is 2.11 bits per heavy atom. The van der Waals surface area contributed by atoms with Crippen LogP contribution in [0.4, 0.5) is 5.82 Å². The van der Waals surface area contributed by atoms with Crippen LogP contribution in [0.1, 0.15) is 25.7 Å². The molecule has 0 unspecified atom stereocenters. The van der Waals surface area contributed by atoms with Crippen LogP contribution in [0.15, 0.2) is 34.9 Å². The largest absolute Gasteiger partial charge is 0.484 e. The lowest BCUT2D eigenvalue weighted by atomic mass is 10.3. The summed E-state index contributed by atoms with van der Waals surface area (Å²) in [6.45, 7) is 4.54. The van der Waals surface area contributed by atoms with Gasteiger partial charge in [-0.05, 0) is 41.9 Å². The number of para-hydroxylation sites is 1. The third-order valence-corrected chi connectivity index (χ3v) is 3.27. The van der Waals surface area contributed by atoms with Crippen molar-refractivity contribution >= 4 is 21.7 Å². The Bertz CT molecular complexity index is 537. The van der Waals surface area contributed by atoms with Gasteiger partial charge in [-0.3, -0.25) is 0 Å². The number of nitrogens with zero attached hydrogens (tertiary/aromatic N) is 2. The Morgan fingerprint density at radius 1 is 1.39 bits per heavy atom. The van der Waals surface area contributed by atoms with Crippen LogP contribution in [0.3, 0.4) is 0 Å². The van der Waals surface area contributed by atoms with Crippen LogP contribution in [0, 0.1) is 0 Å². The van der Waals surface area contributed by atoms with Crippen molar-refractivity contribution in [3.05, 3.63) is 40.8 Å². The summed E-state index contributed by atoms with van der Waals surface area (Å²) >= 11 is 3.45. The number of rotatable bonds is 4. The van der Waals surface area contributed by atoms with E-state index in [9.17, 15) is 0 Å². The summed E-state index contributed by atoms with van der Waals surface area (Å²) in [5.74, 6) is 2.29. The number of hydrogen-bond donors (Lipinski definition) is 1. The number of ether oxygens (including phenoxy) is 1. The Labute approximate surface area is 115 Å². The molecule has 0 bridgehead atoms. The molecular formula is C13H16BrN3O. The molecule has 0 aliphatic carbocycles. The van der Waals surface area contributed by atoms with Crippen LogP contribution in [-0.4, -0.2) is 9.55 Å². The smallest absolute Gasteiger partial charge is 0.148 e. The summed E-state index contributed by atoms with van der Waals surface area (Å²) in [7, 11) is 0. The van der Waals surface area contributed by atoms with E-state index in [0.29, 0.717) is 12.4 Å². The second kappa shape index (κ2) is 5.44. The van der Waals surface area contributed by atoms with Gasteiger partial charge in [-0.1, -0.05) is 12.1 Å². The summed E-state index contributed by atoms with van der Waals surface area (Å²) in [4.78, 5) is 4.28. The van der Waals surface area contributed by atoms with Crippen molar-refractivity contribution in [2.24, 2.45) is 0 Å². The van der Waals surface area contributed by atoms with Gasteiger partial charge >= 0.3 is 0 Å². The fraction of sp³-hybridized carbons (Fsp3) is 0.308. The number of aromatic nitrogens is 2. The topological polar surface area (TPSA) is 53.1 Å². The molecule has 4 nitrogen and oxygen atoms in total. The molecule has 0 amide bonds. The normalized spacial score (nSPS) is 10.9. The first-order chi connectivity index (χ1) is 8.59. The lowest BCUT2D eigenvalue weighted by Crippen LogP contribution is -2.11. The third kappa shape index (κ3) is 2.67. The van der Waals surface area contributed by atoms with Gasteiger partial charge in [0.2, 0.25) is 0 Å². The molecule has 1 aromatic heterocycles. The van der Waals surface area contributed by atoms with Gasteiger partial charge in [0.05, 0.1) is 10.7 Å². The Kier molecular flexibility index (Phi) is 3.91. The predicted molar refractivity (Wildman–Crippen MR) is 75.5 cm³/mol. The van der Waals surface area contributed by atoms with Crippen molar-refractivity contribution < 1.29 is 4.74 Å². The molecule has 2 aromatic rings. The summed E-state index contributed by atoms with van der Waals surface area (Å²) in [6, 6.07) is 8.01. The second-order valence-electron chi connectivity index (χ2n) is 4.28. The summed E-state index contributed by atoms with van der Waals surface area (Å²) in [6.07, 6.45) is 1.67. The highest BCUT2D eigenvalue weighted by Crippen LogP contribution is 2.25. The van der Waals surface area contributed by atoms with Crippen LogP contribution >= 0.6 is 15.9 Å². The summed E-state index contributed by atoms with van der Waals surface area (Å²) < 4.78 is 8.64. The van der Waals surface area contributed by atoms with Crippen molar-refractivity contribution in [3.63, 3.8) is 0 Å². The number of halogens is 1. The zero-order valence-corrected chi connectivity index (χ0v) is 12.0. The SMILES string of the molecule is CC(C)n1c(N)cnc1COc1ccccc1Br. The molecule has 0 aliphatic rings. The maximum absolute atomic E-state index is 5.88. The van der Waals surface area contributed by atoms with Gasteiger partial charge in [0.25, 0.3) is 0 Å². The summed E-state index contributed by atoms with van der Waals surface area (Å²) in [5, 5.41) is 0. The van der Waals surface area contributed by atoms with Gasteiger partial charge in [-0.25, -0.2) is 4.98 Å². The molecule has 0 fully saturated rings. The van der Waals surface area contributed by atoms with Gasteiger partial charge in [0, 0.05) is 6.04 Å². The summed E-state index contributed by atoms with van der Waals surface area (Å²) in [5.41, 5.74) is 5.88. The molecule has 2 rings (SSSR count). The molecule has 0 atom stereocenters. The van der Waals surface area contributed by atoms with E-state index in [2.05, 4.69) is 34.8 Å². The maximum atomic E-state index is 5.88. The van der Waals surface area contributed by atoms with Crippen LogP contribution in [0.5, 0.6) is 5.75 Å². The molecule has 0 saturated carbocycles. The van der Waals surface area contributed by atoms with E-state index >= 15 is 0 Å². The number of nitrogens with two attached hydrogens (primary N) is 1. The lowest BCUT2D eigenvalue weighted by Gasteiger charge is -2.14. The van der Waals surface area contributed by atoms with Crippen molar-refractivity contribution in [2.45, 2.75) is 26.5 Å². The lowest BCUT2D eigenvalue weighted by molar-refractivity contribution is 0.285. The molecule has 96 valence electrons. The van der Waals surface area contributed by atoms with Gasteiger partial charge in [-0.15, -0.1) is 0 Å². The highest BCUT2D eigenvalue weighted by Gasteiger charge is 2.11. The Balaban J connectivity index is 2.14. The predicted octanol–water partition coefficient (Wildman–Crippen LogP) is 3.39. The van der Waals surface area contributed by atoms with E-state index in [0.717, 1.165) is 16.0 Å². The van der Waals surface area contributed by atoms with E-state index in [-0.39, 0.29) is 6.04 Å². The molecular weight excluding hydrogens is 294 g/mol. The fourth-order valence-electron chi connectivity index (χ4n) is 1.82. The molecule has 1 aromatic carbocycles. The first-order valence-electron chi connectivity index (χ1n) is 5.78. The number of benzene rings is 1. The van der Waals surface area contributed by atoms with Crippen LogP contribution in [0.25, 0.3) is 0 Å². The highest BCUT2D eigenvalue weighted by molar-refractivity contribution is 9.10. The molecule has 5 heteroatoms. The van der Waals surface area contributed by atoms with Crippen LogP contribution in [0.2, 0.25) is 0 Å². The van der Waals surface area contributed by atoms with Crippen molar-refractivity contribution in [2.75, 3.05) is 5.73 Å². The zero-order valence-electron chi connectivity index (χ0n) is 10.4. The third-order valence-electron chi connectivity index (χ3n) is 2.61.